The van der Waals surface area contributed by atoms with Gasteiger partial charge >= 0.3 is 0 Å². The molecule has 0 radical (unpaired) electrons. The first-order valence-corrected chi connectivity index (χ1v) is 6.48. The fourth-order valence-electron chi connectivity index (χ4n) is 2.05. The zero-order valence-corrected chi connectivity index (χ0v) is 11.2. The molecule has 0 saturated carbocycles. The van der Waals surface area contributed by atoms with E-state index in [0.717, 1.165) is 19.7 Å². The van der Waals surface area contributed by atoms with Gasteiger partial charge in [-0.25, -0.2) is 4.39 Å². The molecule has 0 bridgehead atoms. The maximum Gasteiger partial charge on any atom is 0.129 e. The highest BCUT2D eigenvalue weighted by Gasteiger charge is 2.17. The van der Waals surface area contributed by atoms with Crippen LogP contribution in [-0.4, -0.2) is 44.3 Å². The van der Waals surface area contributed by atoms with E-state index in [1.807, 2.05) is 0 Å². The number of halogens is 2. The molecule has 1 atom stereocenters. The van der Waals surface area contributed by atoms with Crippen molar-refractivity contribution in [2.45, 2.75) is 12.6 Å². The summed E-state index contributed by atoms with van der Waals surface area (Å²) < 4.78 is 19.1. The van der Waals surface area contributed by atoms with Crippen molar-refractivity contribution in [2.75, 3.05) is 33.3 Å². The van der Waals surface area contributed by atoms with Crippen molar-refractivity contribution in [1.82, 2.24) is 10.2 Å². The standard InChI is InChI=1S/C13H18ClFN2O/c1-17-5-6-18-10(9-17)7-16-8-11-12(14)3-2-4-13(11)15/h2-4,10,16H,5-9H2,1H3. The fourth-order valence-corrected chi connectivity index (χ4v) is 2.28. The van der Waals surface area contributed by atoms with Crippen molar-refractivity contribution in [3.05, 3.63) is 34.6 Å². The summed E-state index contributed by atoms with van der Waals surface area (Å²) in [6.07, 6.45) is 0.161. The third-order valence-corrected chi connectivity index (χ3v) is 3.43. The van der Waals surface area contributed by atoms with E-state index in [2.05, 4.69) is 17.3 Å². The molecule has 1 N–H and O–H groups in total. The van der Waals surface area contributed by atoms with Gasteiger partial charge in [0.1, 0.15) is 5.82 Å². The van der Waals surface area contributed by atoms with Crippen LogP contribution in [0.5, 0.6) is 0 Å². The summed E-state index contributed by atoms with van der Waals surface area (Å²) in [4.78, 5) is 2.23. The Labute approximate surface area is 112 Å². The first kappa shape index (κ1) is 13.7. The van der Waals surface area contributed by atoms with Gasteiger partial charge in [0.15, 0.2) is 0 Å². The van der Waals surface area contributed by atoms with E-state index in [1.165, 1.54) is 6.07 Å². The molecule has 100 valence electrons. The minimum Gasteiger partial charge on any atom is -0.374 e. The third kappa shape index (κ3) is 3.65. The Kier molecular flexibility index (Phi) is 4.95. The normalized spacial score (nSPS) is 21.2. The third-order valence-electron chi connectivity index (χ3n) is 3.08. The van der Waals surface area contributed by atoms with Gasteiger partial charge in [-0.3, -0.25) is 0 Å². The monoisotopic (exact) mass is 272 g/mol. The van der Waals surface area contributed by atoms with E-state index in [-0.39, 0.29) is 11.9 Å². The van der Waals surface area contributed by atoms with Gasteiger partial charge in [-0.1, -0.05) is 17.7 Å². The van der Waals surface area contributed by atoms with Crippen LogP contribution in [0.1, 0.15) is 5.56 Å². The Balaban J connectivity index is 1.81. The van der Waals surface area contributed by atoms with Gasteiger partial charge in [0, 0.05) is 36.8 Å². The van der Waals surface area contributed by atoms with E-state index in [0.29, 0.717) is 23.7 Å². The van der Waals surface area contributed by atoms with E-state index >= 15 is 0 Å². The fraction of sp³-hybridized carbons (Fsp3) is 0.538. The van der Waals surface area contributed by atoms with Gasteiger partial charge in [-0.05, 0) is 19.2 Å². The van der Waals surface area contributed by atoms with E-state index in [9.17, 15) is 4.39 Å². The Morgan fingerprint density at radius 3 is 3.11 bits per heavy atom. The van der Waals surface area contributed by atoms with Crippen molar-refractivity contribution >= 4 is 11.6 Å². The predicted octanol–water partition coefficient (Wildman–Crippen LogP) is 1.90. The van der Waals surface area contributed by atoms with Gasteiger partial charge in [0.25, 0.3) is 0 Å². The first-order chi connectivity index (χ1) is 8.66. The van der Waals surface area contributed by atoms with E-state index in [4.69, 9.17) is 16.3 Å². The van der Waals surface area contributed by atoms with Crippen LogP contribution in [0.3, 0.4) is 0 Å². The van der Waals surface area contributed by atoms with Crippen LogP contribution in [0, 0.1) is 5.82 Å². The molecule has 0 aromatic heterocycles. The van der Waals surface area contributed by atoms with E-state index in [1.54, 1.807) is 12.1 Å². The lowest BCUT2D eigenvalue weighted by Crippen LogP contribution is -2.44. The molecule has 0 amide bonds. The summed E-state index contributed by atoms with van der Waals surface area (Å²) >= 11 is 5.95. The molecule has 5 heteroatoms. The van der Waals surface area contributed by atoms with Crippen LogP contribution in [0.15, 0.2) is 18.2 Å². The van der Waals surface area contributed by atoms with Gasteiger partial charge in [0.2, 0.25) is 0 Å². The number of rotatable bonds is 4. The summed E-state index contributed by atoms with van der Waals surface area (Å²) in [5.41, 5.74) is 0.517. The number of nitrogens with one attached hydrogen (secondary N) is 1. The van der Waals surface area contributed by atoms with Gasteiger partial charge < -0.3 is 15.0 Å². The van der Waals surface area contributed by atoms with Crippen molar-refractivity contribution in [2.24, 2.45) is 0 Å². The average Bonchev–Trinajstić information content (AvgIpc) is 2.33. The molecule has 1 aliphatic heterocycles. The number of hydrogen-bond donors (Lipinski definition) is 1. The number of likely N-dealkylation sites (N-methyl/N-ethyl adjacent to an activating group) is 1. The molecule has 1 saturated heterocycles. The molecule has 1 heterocycles. The molecule has 1 fully saturated rings. The number of ether oxygens (including phenoxy) is 1. The Hall–Kier alpha value is -0.680. The highest BCUT2D eigenvalue weighted by molar-refractivity contribution is 6.31. The minimum absolute atomic E-state index is 0.161. The molecular weight excluding hydrogens is 255 g/mol. The lowest BCUT2D eigenvalue weighted by Gasteiger charge is -2.30. The minimum atomic E-state index is -0.267. The number of benzene rings is 1. The van der Waals surface area contributed by atoms with Crippen LogP contribution in [0.2, 0.25) is 5.02 Å². The molecule has 1 aromatic carbocycles. The highest BCUT2D eigenvalue weighted by Crippen LogP contribution is 2.18. The smallest absolute Gasteiger partial charge is 0.129 e. The topological polar surface area (TPSA) is 24.5 Å². The summed E-state index contributed by atoms with van der Waals surface area (Å²) in [5, 5.41) is 3.66. The van der Waals surface area contributed by atoms with Crippen LogP contribution >= 0.6 is 11.6 Å². The summed E-state index contributed by atoms with van der Waals surface area (Å²) in [5.74, 6) is -0.267. The van der Waals surface area contributed by atoms with Crippen molar-refractivity contribution in [3.63, 3.8) is 0 Å². The molecule has 3 nitrogen and oxygen atoms in total. The zero-order valence-electron chi connectivity index (χ0n) is 10.5. The Bertz CT molecular complexity index is 382. The number of hydrogen-bond acceptors (Lipinski definition) is 3. The predicted molar refractivity (Wildman–Crippen MR) is 70.4 cm³/mol. The van der Waals surface area contributed by atoms with Crippen LogP contribution < -0.4 is 5.32 Å². The molecule has 1 aliphatic rings. The largest absolute Gasteiger partial charge is 0.374 e. The lowest BCUT2D eigenvalue weighted by atomic mass is 10.2. The molecule has 0 spiro atoms. The van der Waals surface area contributed by atoms with Gasteiger partial charge in [0.05, 0.1) is 12.7 Å². The van der Waals surface area contributed by atoms with Crippen molar-refractivity contribution < 1.29 is 9.13 Å². The van der Waals surface area contributed by atoms with E-state index < -0.39 is 0 Å². The number of morpholine rings is 1. The second kappa shape index (κ2) is 6.48. The zero-order chi connectivity index (χ0) is 13.0. The summed E-state index contributed by atoms with van der Waals surface area (Å²) in [7, 11) is 2.07. The average molecular weight is 273 g/mol. The second-order valence-corrected chi connectivity index (χ2v) is 4.99. The second-order valence-electron chi connectivity index (χ2n) is 4.59. The summed E-state index contributed by atoms with van der Waals surface area (Å²) in [6.45, 7) is 3.75. The van der Waals surface area contributed by atoms with Crippen LogP contribution in [0.25, 0.3) is 0 Å². The first-order valence-electron chi connectivity index (χ1n) is 6.10. The lowest BCUT2D eigenvalue weighted by molar-refractivity contribution is -0.0182. The molecule has 0 aliphatic carbocycles. The molecule has 2 rings (SSSR count). The maximum absolute atomic E-state index is 13.5. The molecule has 1 aromatic rings. The van der Waals surface area contributed by atoms with Gasteiger partial charge in [-0.15, -0.1) is 0 Å². The Morgan fingerprint density at radius 2 is 2.39 bits per heavy atom. The van der Waals surface area contributed by atoms with Crippen molar-refractivity contribution in [3.8, 4) is 0 Å². The molecule has 1 unspecified atom stereocenters. The quantitative estimate of drug-likeness (QED) is 0.906. The van der Waals surface area contributed by atoms with Crippen molar-refractivity contribution in [1.29, 1.82) is 0 Å². The summed E-state index contributed by atoms with van der Waals surface area (Å²) in [6, 6.07) is 4.74. The number of nitrogens with zero attached hydrogens (tertiary/aromatic N) is 1. The van der Waals surface area contributed by atoms with Gasteiger partial charge in [-0.2, -0.15) is 0 Å². The van der Waals surface area contributed by atoms with Crippen LogP contribution in [0.4, 0.5) is 4.39 Å². The van der Waals surface area contributed by atoms with Crippen LogP contribution in [-0.2, 0) is 11.3 Å². The molecular formula is C13H18ClFN2O. The SMILES string of the molecule is CN1CCOC(CNCc2c(F)cccc2Cl)C1. The maximum atomic E-state index is 13.5. The Morgan fingerprint density at radius 1 is 1.56 bits per heavy atom. The highest BCUT2D eigenvalue weighted by atomic mass is 35.5. The molecule has 18 heavy (non-hydrogen) atoms.